The highest BCUT2D eigenvalue weighted by Crippen LogP contribution is 2.59. The molecule has 7 aromatic carbocycles. The van der Waals surface area contributed by atoms with Crippen LogP contribution in [0.5, 0.6) is 11.5 Å². The van der Waals surface area contributed by atoms with Gasteiger partial charge in [0, 0.05) is 54.8 Å². The van der Waals surface area contributed by atoms with Crippen LogP contribution in [0.3, 0.4) is 0 Å². The van der Waals surface area contributed by atoms with Gasteiger partial charge in [0.1, 0.15) is 0 Å². The van der Waals surface area contributed by atoms with Crippen LogP contribution in [0.4, 0.5) is 51.2 Å². The summed E-state index contributed by atoms with van der Waals surface area (Å²) in [6.07, 6.45) is 2.33. The van der Waals surface area contributed by atoms with E-state index >= 15 is 0 Å². The van der Waals surface area contributed by atoms with Gasteiger partial charge in [-0.15, -0.1) is 0 Å². The number of para-hydroxylation sites is 5. The van der Waals surface area contributed by atoms with Crippen LogP contribution >= 0.6 is 11.3 Å². The summed E-state index contributed by atoms with van der Waals surface area (Å²) in [7, 11) is 0. The minimum atomic E-state index is -0.126. The Balaban J connectivity index is 1.11. The van der Waals surface area contributed by atoms with Gasteiger partial charge in [-0.05, 0) is 130 Å². The predicted molar refractivity (Wildman–Crippen MR) is 266 cm³/mol. The summed E-state index contributed by atoms with van der Waals surface area (Å²) in [5.74, 6) is 1.63. The van der Waals surface area contributed by atoms with Crippen molar-refractivity contribution in [2.24, 2.45) is 0 Å². The molecule has 13 rings (SSSR count). The maximum Gasteiger partial charge on any atom is 0.264 e. The lowest BCUT2D eigenvalue weighted by molar-refractivity contribution is 0.332. The van der Waals surface area contributed by atoms with E-state index in [4.69, 9.17) is 4.74 Å². The Labute approximate surface area is 375 Å². The van der Waals surface area contributed by atoms with Gasteiger partial charge in [0.15, 0.2) is 11.5 Å². The molecule has 0 saturated heterocycles. The van der Waals surface area contributed by atoms with Crippen LogP contribution in [0.15, 0.2) is 158 Å². The van der Waals surface area contributed by atoms with Crippen LogP contribution in [0.25, 0.3) is 11.1 Å². The van der Waals surface area contributed by atoms with E-state index in [1.54, 1.807) is 0 Å². The fourth-order valence-electron chi connectivity index (χ4n) is 11.8. The van der Waals surface area contributed by atoms with Gasteiger partial charge >= 0.3 is 0 Å². The van der Waals surface area contributed by atoms with Crippen molar-refractivity contribution in [3.63, 3.8) is 0 Å². The quantitative estimate of drug-likeness (QED) is 0.162. The third-order valence-electron chi connectivity index (χ3n) is 15.0. The average molecular weight is 834 g/mol. The zero-order valence-corrected chi connectivity index (χ0v) is 37.5. The molecule has 63 heavy (non-hydrogen) atoms. The van der Waals surface area contributed by atoms with Gasteiger partial charge < -0.3 is 19.4 Å². The van der Waals surface area contributed by atoms with Crippen molar-refractivity contribution in [3.8, 4) is 22.6 Å². The summed E-state index contributed by atoms with van der Waals surface area (Å²) in [5, 5.41) is 0. The molecule has 4 heterocycles. The second-order valence-electron chi connectivity index (χ2n) is 20.0. The Bertz CT molecular complexity index is 3240. The van der Waals surface area contributed by atoms with Crippen LogP contribution in [-0.4, -0.2) is 6.71 Å². The highest BCUT2D eigenvalue weighted by atomic mass is 32.1. The fourth-order valence-corrected chi connectivity index (χ4v) is 13.3. The van der Waals surface area contributed by atoms with Crippen LogP contribution in [0, 0.1) is 0 Å². The Morgan fingerprint density at radius 3 is 1.86 bits per heavy atom. The first-order valence-electron chi connectivity index (χ1n) is 22.5. The summed E-state index contributed by atoms with van der Waals surface area (Å²) < 4.78 is 8.61. The van der Waals surface area contributed by atoms with Crippen LogP contribution in [-0.2, 0) is 16.2 Å². The SMILES string of the molecule is CC1(C)CCC(C)(C)c2cc(N3c4ccc5c(c4)N(c4ccccc4Oc4ccccc43)c3cccc4c3B5c3sc5c(c3N4c3ccccc3)-c3ccccc3C5(C)C)ccc21. The standard InChI is InChI=1S/C57H48BN3OS/c1-55(2)31-32-56(3,4)41-33-36(27-29-40(41)55)59-37-28-30-42-47(34-37)61(44-22-13-15-26-49(44)62-48-25-14-12-21-43(48)59)46-24-16-23-45-51(46)58(42)54-52(60(45)35-17-8-7-9-18-35)50-38-19-10-11-20-39(38)57(5,6)53(50)63-54/h7-30,33-34H,31-32H2,1-6H3. The van der Waals surface area contributed by atoms with Crippen LogP contribution < -0.4 is 35.1 Å². The number of rotatable bonds is 2. The molecule has 1 aromatic heterocycles. The average Bonchev–Trinajstić information content (AvgIpc) is 3.79. The second kappa shape index (κ2) is 12.8. The van der Waals surface area contributed by atoms with Crippen molar-refractivity contribution in [1.82, 2.24) is 0 Å². The monoisotopic (exact) mass is 833 g/mol. The molecular formula is C57H48BN3OS. The van der Waals surface area contributed by atoms with E-state index in [1.807, 2.05) is 11.3 Å². The van der Waals surface area contributed by atoms with Gasteiger partial charge in [-0.1, -0.05) is 126 Å². The number of nitrogens with zero attached hydrogens (tertiary/aromatic N) is 3. The smallest absolute Gasteiger partial charge is 0.264 e. The number of hydrogen-bond acceptors (Lipinski definition) is 5. The van der Waals surface area contributed by atoms with E-state index in [1.165, 1.54) is 83.3 Å². The first-order chi connectivity index (χ1) is 30.5. The van der Waals surface area contributed by atoms with Crippen molar-refractivity contribution in [1.29, 1.82) is 0 Å². The van der Waals surface area contributed by atoms with Gasteiger partial charge in [0.05, 0.1) is 17.1 Å². The molecule has 0 atom stereocenters. The molecular weight excluding hydrogens is 786 g/mol. The molecule has 6 heteroatoms. The van der Waals surface area contributed by atoms with Gasteiger partial charge in [-0.2, -0.15) is 11.3 Å². The van der Waals surface area contributed by atoms with Crippen molar-refractivity contribution in [2.45, 2.75) is 70.6 Å². The molecule has 0 N–H and O–H groups in total. The summed E-state index contributed by atoms with van der Waals surface area (Å²) >= 11 is 2.02. The molecule has 4 nitrogen and oxygen atoms in total. The van der Waals surface area contributed by atoms with Gasteiger partial charge in [-0.25, -0.2) is 0 Å². The number of benzene rings is 7. The Morgan fingerprint density at radius 1 is 0.492 bits per heavy atom. The number of thiophene rings is 1. The van der Waals surface area contributed by atoms with Gasteiger partial charge in [-0.3, -0.25) is 0 Å². The number of fused-ring (bicyclic) bond motifs is 13. The van der Waals surface area contributed by atoms with Crippen molar-refractivity contribution in [3.05, 3.63) is 179 Å². The molecule has 3 aliphatic heterocycles. The largest absolute Gasteiger partial charge is 0.453 e. The molecule has 2 aliphatic carbocycles. The van der Waals surface area contributed by atoms with Crippen molar-refractivity contribution < 1.29 is 4.74 Å². The molecule has 0 amide bonds. The van der Waals surface area contributed by atoms with E-state index in [0.717, 1.165) is 40.7 Å². The number of hydrogen-bond donors (Lipinski definition) is 0. The number of ether oxygens (including phenoxy) is 1. The molecule has 306 valence electrons. The van der Waals surface area contributed by atoms with E-state index < -0.39 is 0 Å². The van der Waals surface area contributed by atoms with Crippen molar-refractivity contribution in [2.75, 3.05) is 14.7 Å². The van der Waals surface area contributed by atoms with E-state index in [0.29, 0.717) is 0 Å². The highest BCUT2D eigenvalue weighted by molar-refractivity contribution is 7.29. The fraction of sp³-hybridized carbons (Fsp3) is 0.193. The molecule has 0 spiro atoms. The zero-order chi connectivity index (χ0) is 42.6. The van der Waals surface area contributed by atoms with Crippen molar-refractivity contribution >= 4 is 84.9 Å². The van der Waals surface area contributed by atoms with E-state index in [2.05, 4.69) is 214 Å². The first-order valence-corrected chi connectivity index (χ1v) is 23.3. The Kier molecular flexibility index (Phi) is 7.54. The maximum absolute atomic E-state index is 7.20. The molecule has 8 aromatic rings. The summed E-state index contributed by atoms with van der Waals surface area (Å²) in [4.78, 5) is 8.94. The Hall–Kier alpha value is -6.50. The molecule has 0 radical (unpaired) electrons. The minimum Gasteiger partial charge on any atom is -0.453 e. The van der Waals surface area contributed by atoms with Crippen LogP contribution in [0.1, 0.15) is 76.0 Å². The normalized spacial score (nSPS) is 17.3. The summed E-state index contributed by atoms with van der Waals surface area (Å²) in [6.45, 7) is 14.5. The van der Waals surface area contributed by atoms with Gasteiger partial charge in [0.2, 0.25) is 0 Å². The zero-order valence-electron chi connectivity index (χ0n) is 36.7. The molecule has 0 fully saturated rings. The predicted octanol–water partition coefficient (Wildman–Crippen LogP) is 14.1. The first kappa shape index (κ1) is 37.1. The summed E-state index contributed by atoms with van der Waals surface area (Å²) in [5.41, 5.74) is 20.0. The maximum atomic E-state index is 7.20. The molecule has 2 bridgehead atoms. The lowest BCUT2D eigenvalue weighted by atomic mass is 9.36. The minimum absolute atomic E-state index is 0.0218. The number of anilines is 9. The van der Waals surface area contributed by atoms with Crippen LogP contribution in [0.2, 0.25) is 0 Å². The Morgan fingerprint density at radius 2 is 1.10 bits per heavy atom. The molecule has 5 aliphatic rings. The topological polar surface area (TPSA) is 19.0 Å². The van der Waals surface area contributed by atoms with E-state index in [9.17, 15) is 0 Å². The van der Waals surface area contributed by atoms with E-state index in [-0.39, 0.29) is 23.0 Å². The molecule has 0 unspecified atom stereocenters. The highest BCUT2D eigenvalue weighted by Gasteiger charge is 2.50. The third kappa shape index (κ3) is 5.04. The van der Waals surface area contributed by atoms with Gasteiger partial charge in [0.25, 0.3) is 6.71 Å². The lowest BCUT2D eigenvalue weighted by Gasteiger charge is -2.44. The summed E-state index contributed by atoms with van der Waals surface area (Å²) in [6, 6.07) is 58.7. The molecule has 0 saturated carbocycles. The third-order valence-corrected chi connectivity index (χ3v) is 16.6. The lowest BCUT2D eigenvalue weighted by Crippen LogP contribution is -2.60. The second-order valence-corrected chi connectivity index (χ2v) is 21.0.